The topological polar surface area (TPSA) is 24.9 Å². The normalized spacial score (nSPS) is 29.9. The van der Waals surface area contributed by atoms with Crippen LogP contribution in [-0.2, 0) is 6.54 Å². The van der Waals surface area contributed by atoms with Gasteiger partial charge < -0.3 is 5.32 Å². The second-order valence-electron chi connectivity index (χ2n) is 6.65. The molecule has 22 heavy (non-hydrogen) atoms. The van der Waals surface area contributed by atoms with Gasteiger partial charge in [0, 0.05) is 18.8 Å². The molecule has 1 aromatic heterocycles. The van der Waals surface area contributed by atoms with E-state index in [1.807, 2.05) is 12.3 Å². The molecule has 0 radical (unpaired) electrons. The molecule has 114 valence electrons. The molecule has 2 saturated carbocycles. The number of hydrogen-bond acceptors (Lipinski definition) is 2. The van der Waals surface area contributed by atoms with Crippen molar-refractivity contribution in [2.45, 2.75) is 37.8 Å². The van der Waals surface area contributed by atoms with Gasteiger partial charge in [-0.3, -0.25) is 0 Å². The second kappa shape index (κ2) is 6.02. The van der Waals surface area contributed by atoms with E-state index < -0.39 is 0 Å². The van der Waals surface area contributed by atoms with E-state index in [0.717, 1.165) is 18.4 Å². The van der Waals surface area contributed by atoms with Crippen molar-refractivity contribution < 1.29 is 0 Å². The highest BCUT2D eigenvalue weighted by Gasteiger charge is 2.48. The minimum atomic E-state index is 0.589. The third-order valence-corrected chi connectivity index (χ3v) is 5.70. The Morgan fingerprint density at radius 2 is 1.95 bits per heavy atom. The summed E-state index contributed by atoms with van der Waals surface area (Å²) in [6, 6.07) is 15.4. The molecule has 0 saturated heterocycles. The molecule has 2 bridgehead atoms. The van der Waals surface area contributed by atoms with E-state index in [4.69, 9.17) is 11.6 Å². The molecule has 0 spiro atoms. The van der Waals surface area contributed by atoms with Crippen molar-refractivity contribution in [1.29, 1.82) is 0 Å². The van der Waals surface area contributed by atoms with Crippen LogP contribution < -0.4 is 5.32 Å². The van der Waals surface area contributed by atoms with Crippen LogP contribution in [0.25, 0.3) is 0 Å². The molecule has 2 aromatic rings. The number of nitrogens with zero attached hydrogens (tertiary/aromatic N) is 1. The number of fused-ring (bicyclic) bond motifs is 2. The SMILES string of the molecule is Clc1ccc([C@H]2CC3CCC2[C@H]3NCc2ccccc2)cn1. The molecule has 4 atom stereocenters. The molecule has 0 amide bonds. The van der Waals surface area contributed by atoms with Gasteiger partial charge in [-0.2, -0.15) is 0 Å². The molecular weight excluding hydrogens is 292 g/mol. The Balaban J connectivity index is 1.45. The molecular formula is C19H21ClN2. The Hall–Kier alpha value is -1.38. The van der Waals surface area contributed by atoms with Crippen molar-refractivity contribution in [2.75, 3.05) is 0 Å². The number of benzene rings is 1. The van der Waals surface area contributed by atoms with Crippen LogP contribution in [0.1, 0.15) is 36.3 Å². The number of rotatable bonds is 4. The zero-order valence-electron chi connectivity index (χ0n) is 12.6. The first-order chi connectivity index (χ1) is 10.8. The van der Waals surface area contributed by atoms with Gasteiger partial charge >= 0.3 is 0 Å². The van der Waals surface area contributed by atoms with Gasteiger partial charge in [0.05, 0.1) is 0 Å². The van der Waals surface area contributed by atoms with Gasteiger partial charge in [0.15, 0.2) is 0 Å². The fraction of sp³-hybridized carbons (Fsp3) is 0.421. The van der Waals surface area contributed by atoms with Crippen LogP contribution in [0.3, 0.4) is 0 Å². The van der Waals surface area contributed by atoms with Gasteiger partial charge in [0.1, 0.15) is 5.15 Å². The van der Waals surface area contributed by atoms with E-state index in [1.54, 1.807) is 0 Å². The highest BCUT2D eigenvalue weighted by atomic mass is 35.5. The van der Waals surface area contributed by atoms with Gasteiger partial charge in [0.25, 0.3) is 0 Å². The molecule has 3 heteroatoms. The fourth-order valence-corrected chi connectivity index (χ4v) is 4.58. The summed E-state index contributed by atoms with van der Waals surface area (Å²) in [5.41, 5.74) is 2.74. The van der Waals surface area contributed by atoms with Crippen LogP contribution in [0.4, 0.5) is 0 Å². The van der Waals surface area contributed by atoms with Crippen molar-refractivity contribution >= 4 is 11.6 Å². The standard InChI is InChI=1S/C19H21ClN2/c20-18-9-7-15(12-21-18)17-10-14-6-8-16(17)19(14)22-11-13-4-2-1-3-5-13/h1-5,7,9,12,14,16-17,19,22H,6,8,10-11H2/t14?,16?,17-,19+/m1/s1. The van der Waals surface area contributed by atoms with Crippen molar-refractivity contribution in [2.24, 2.45) is 11.8 Å². The first-order valence-corrected chi connectivity index (χ1v) is 8.58. The van der Waals surface area contributed by atoms with Crippen LogP contribution in [0.5, 0.6) is 0 Å². The van der Waals surface area contributed by atoms with Gasteiger partial charge in [-0.15, -0.1) is 0 Å². The van der Waals surface area contributed by atoms with E-state index in [1.165, 1.54) is 30.4 Å². The number of pyridine rings is 1. The second-order valence-corrected chi connectivity index (χ2v) is 7.04. The lowest BCUT2D eigenvalue weighted by molar-refractivity contribution is 0.397. The Morgan fingerprint density at radius 3 is 2.73 bits per heavy atom. The molecule has 2 unspecified atom stereocenters. The third-order valence-electron chi connectivity index (χ3n) is 5.48. The van der Waals surface area contributed by atoms with E-state index in [0.29, 0.717) is 17.1 Å². The van der Waals surface area contributed by atoms with Crippen molar-refractivity contribution in [3.8, 4) is 0 Å². The smallest absolute Gasteiger partial charge is 0.129 e. The monoisotopic (exact) mass is 312 g/mol. The summed E-state index contributed by atoms with van der Waals surface area (Å²) in [6.07, 6.45) is 5.97. The first kappa shape index (κ1) is 14.2. The summed E-state index contributed by atoms with van der Waals surface area (Å²) in [5.74, 6) is 2.21. The fourth-order valence-electron chi connectivity index (χ4n) is 4.47. The molecule has 2 fully saturated rings. The maximum absolute atomic E-state index is 5.92. The molecule has 1 aromatic carbocycles. The lowest BCUT2D eigenvalue weighted by Gasteiger charge is -2.23. The lowest BCUT2D eigenvalue weighted by atomic mass is 9.84. The maximum atomic E-state index is 5.92. The van der Waals surface area contributed by atoms with Crippen LogP contribution in [0.15, 0.2) is 48.7 Å². The number of hydrogen-bond donors (Lipinski definition) is 1. The number of nitrogens with one attached hydrogen (secondary N) is 1. The van der Waals surface area contributed by atoms with Gasteiger partial charge in [0.2, 0.25) is 0 Å². The van der Waals surface area contributed by atoms with Gasteiger partial charge in [-0.25, -0.2) is 4.98 Å². The quantitative estimate of drug-likeness (QED) is 0.846. The number of aromatic nitrogens is 1. The minimum Gasteiger partial charge on any atom is -0.309 e. The Bertz CT molecular complexity index is 626. The van der Waals surface area contributed by atoms with Crippen molar-refractivity contribution in [3.63, 3.8) is 0 Å². The third kappa shape index (κ3) is 2.66. The Kier molecular flexibility index (Phi) is 3.89. The van der Waals surface area contributed by atoms with Crippen LogP contribution in [0, 0.1) is 11.8 Å². The Morgan fingerprint density at radius 1 is 1.09 bits per heavy atom. The van der Waals surface area contributed by atoms with E-state index >= 15 is 0 Å². The van der Waals surface area contributed by atoms with Crippen LogP contribution in [0.2, 0.25) is 5.15 Å². The summed E-state index contributed by atoms with van der Waals surface area (Å²) in [6.45, 7) is 0.976. The van der Waals surface area contributed by atoms with Crippen LogP contribution in [-0.4, -0.2) is 11.0 Å². The molecule has 0 aliphatic heterocycles. The van der Waals surface area contributed by atoms with Gasteiger partial charge in [-0.1, -0.05) is 48.0 Å². The summed E-state index contributed by atoms with van der Waals surface area (Å²) in [5, 5.41) is 4.41. The highest BCUT2D eigenvalue weighted by molar-refractivity contribution is 6.29. The van der Waals surface area contributed by atoms with Crippen molar-refractivity contribution in [1.82, 2.24) is 10.3 Å². The van der Waals surface area contributed by atoms with E-state index in [-0.39, 0.29) is 0 Å². The predicted octanol–water partition coefficient (Wildman–Crippen LogP) is 4.41. The minimum absolute atomic E-state index is 0.589. The summed E-state index contributed by atoms with van der Waals surface area (Å²) >= 11 is 5.92. The predicted molar refractivity (Wildman–Crippen MR) is 89.9 cm³/mol. The zero-order valence-corrected chi connectivity index (χ0v) is 13.3. The van der Waals surface area contributed by atoms with E-state index in [2.05, 4.69) is 46.7 Å². The zero-order chi connectivity index (χ0) is 14.9. The largest absolute Gasteiger partial charge is 0.309 e. The molecule has 2 aliphatic rings. The average Bonchev–Trinajstić information content (AvgIpc) is 3.11. The van der Waals surface area contributed by atoms with Gasteiger partial charge in [-0.05, 0) is 54.2 Å². The lowest BCUT2D eigenvalue weighted by Crippen LogP contribution is -2.33. The average molecular weight is 313 g/mol. The molecule has 4 rings (SSSR count). The van der Waals surface area contributed by atoms with Crippen molar-refractivity contribution in [3.05, 3.63) is 64.9 Å². The van der Waals surface area contributed by atoms with E-state index in [9.17, 15) is 0 Å². The summed E-state index contributed by atoms with van der Waals surface area (Å²) in [7, 11) is 0. The summed E-state index contributed by atoms with van der Waals surface area (Å²) in [4.78, 5) is 4.27. The molecule has 2 aliphatic carbocycles. The maximum Gasteiger partial charge on any atom is 0.129 e. The molecule has 2 nitrogen and oxygen atoms in total. The highest BCUT2D eigenvalue weighted by Crippen LogP contribution is 2.53. The number of halogens is 1. The Labute approximate surface area is 136 Å². The summed E-state index contributed by atoms with van der Waals surface area (Å²) < 4.78 is 0. The molecule has 1 N–H and O–H groups in total. The molecule has 1 heterocycles. The van der Waals surface area contributed by atoms with Crippen LogP contribution >= 0.6 is 11.6 Å². The first-order valence-electron chi connectivity index (χ1n) is 8.20.